The summed E-state index contributed by atoms with van der Waals surface area (Å²) >= 11 is 0. The number of hydrogen-bond acceptors (Lipinski definition) is 3. The highest BCUT2D eigenvalue weighted by Gasteiger charge is 2.09. The van der Waals surface area contributed by atoms with Crippen molar-refractivity contribution in [2.24, 2.45) is 0 Å². The van der Waals surface area contributed by atoms with Crippen molar-refractivity contribution < 1.29 is 8.42 Å². The Morgan fingerprint density at radius 2 is 2.19 bits per heavy atom. The van der Waals surface area contributed by atoms with Crippen LogP contribution in [-0.2, 0) is 16.6 Å². The summed E-state index contributed by atoms with van der Waals surface area (Å²) in [6.07, 6.45) is 2.53. The first kappa shape index (κ1) is 15.7. The number of aryl methyl sites for hydroxylation is 2. The second-order valence-corrected chi connectivity index (χ2v) is 7.20. The van der Waals surface area contributed by atoms with Crippen molar-refractivity contribution in [3.8, 4) is 0 Å². The zero-order valence-corrected chi connectivity index (χ0v) is 13.3. The third-order valence-corrected chi connectivity index (χ3v) is 4.62. The van der Waals surface area contributed by atoms with Crippen molar-refractivity contribution in [2.75, 3.05) is 12.3 Å². The fourth-order valence-electron chi connectivity index (χ4n) is 2.19. The molecule has 0 amide bonds. The lowest BCUT2D eigenvalue weighted by Crippen LogP contribution is -2.28. The summed E-state index contributed by atoms with van der Waals surface area (Å²) in [6.45, 7) is 8.46. The van der Waals surface area contributed by atoms with E-state index in [-0.39, 0.29) is 5.75 Å². The summed E-state index contributed by atoms with van der Waals surface area (Å²) in [5, 5.41) is 5.44. The monoisotopic (exact) mass is 307 g/mol. The van der Waals surface area contributed by atoms with Gasteiger partial charge in [-0.2, -0.15) is 5.10 Å². The van der Waals surface area contributed by atoms with Gasteiger partial charge in [-0.25, -0.2) is 13.1 Å². The van der Waals surface area contributed by atoms with Crippen LogP contribution in [0.25, 0.3) is 10.9 Å². The van der Waals surface area contributed by atoms with Gasteiger partial charge in [0.2, 0.25) is 10.0 Å². The molecule has 114 valence electrons. The summed E-state index contributed by atoms with van der Waals surface area (Å²) in [4.78, 5) is 0. The van der Waals surface area contributed by atoms with Gasteiger partial charge in [0.1, 0.15) is 0 Å². The van der Waals surface area contributed by atoms with Gasteiger partial charge in [-0.15, -0.1) is 0 Å². The molecule has 0 saturated heterocycles. The fraction of sp³-hybridized carbons (Fsp3) is 0.400. The number of nitrogens with one attached hydrogen (secondary N) is 1. The second-order valence-electron chi connectivity index (χ2n) is 5.39. The molecule has 0 saturated carbocycles. The normalized spacial score (nSPS) is 11.9. The summed E-state index contributed by atoms with van der Waals surface area (Å²) in [7, 11) is -3.25. The molecule has 0 aliphatic heterocycles. The van der Waals surface area contributed by atoms with Crippen LogP contribution in [0.2, 0.25) is 0 Å². The Labute approximate surface area is 125 Å². The van der Waals surface area contributed by atoms with Crippen molar-refractivity contribution in [3.05, 3.63) is 42.1 Å². The molecular weight excluding hydrogens is 286 g/mol. The smallest absolute Gasteiger partial charge is 0.215 e. The molecule has 1 aromatic heterocycles. The Hall–Kier alpha value is -1.66. The second kappa shape index (κ2) is 6.41. The van der Waals surface area contributed by atoms with Gasteiger partial charge in [0.15, 0.2) is 0 Å². The molecule has 21 heavy (non-hydrogen) atoms. The minimum atomic E-state index is -3.25. The Morgan fingerprint density at radius 3 is 2.90 bits per heavy atom. The number of rotatable bonds is 7. The van der Waals surface area contributed by atoms with Gasteiger partial charge in [0, 0.05) is 18.5 Å². The summed E-state index contributed by atoms with van der Waals surface area (Å²) in [6, 6.07) is 6.19. The molecule has 0 bridgehead atoms. The third-order valence-electron chi connectivity index (χ3n) is 3.11. The van der Waals surface area contributed by atoms with Crippen LogP contribution in [0.1, 0.15) is 18.9 Å². The molecule has 0 aliphatic carbocycles. The maximum Gasteiger partial charge on any atom is 0.215 e. The van der Waals surface area contributed by atoms with Gasteiger partial charge in [0.25, 0.3) is 0 Å². The number of hydrogen-bond donors (Lipinski definition) is 1. The van der Waals surface area contributed by atoms with Gasteiger partial charge in [0.05, 0.1) is 17.5 Å². The summed E-state index contributed by atoms with van der Waals surface area (Å²) in [5.74, 6) is -0.0170. The van der Waals surface area contributed by atoms with E-state index in [1.54, 1.807) is 6.92 Å². The first-order chi connectivity index (χ1) is 9.87. The maximum atomic E-state index is 11.7. The zero-order valence-electron chi connectivity index (χ0n) is 12.5. The van der Waals surface area contributed by atoms with Crippen LogP contribution in [0.5, 0.6) is 0 Å². The molecule has 1 N–H and O–H groups in total. The Bertz CT molecular complexity index is 747. The van der Waals surface area contributed by atoms with E-state index in [4.69, 9.17) is 0 Å². The van der Waals surface area contributed by atoms with Crippen molar-refractivity contribution in [2.45, 2.75) is 26.8 Å². The van der Waals surface area contributed by atoms with Gasteiger partial charge in [-0.05, 0) is 31.9 Å². The van der Waals surface area contributed by atoms with Crippen LogP contribution in [0, 0.1) is 6.92 Å². The number of sulfonamides is 1. The highest BCUT2D eigenvalue weighted by atomic mass is 32.2. The van der Waals surface area contributed by atoms with E-state index < -0.39 is 10.0 Å². The third kappa shape index (κ3) is 4.41. The predicted octanol–water partition coefficient (Wildman–Crippen LogP) is 2.23. The average molecular weight is 307 g/mol. The highest BCUT2D eigenvalue weighted by Crippen LogP contribution is 2.15. The number of fused-ring (bicyclic) bond motifs is 1. The number of benzene rings is 1. The van der Waals surface area contributed by atoms with Crippen LogP contribution in [0.4, 0.5) is 0 Å². The molecule has 1 aromatic carbocycles. The molecule has 0 unspecified atom stereocenters. The van der Waals surface area contributed by atoms with E-state index in [1.165, 1.54) is 5.56 Å². The highest BCUT2D eigenvalue weighted by molar-refractivity contribution is 7.89. The summed E-state index contributed by atoms with van der Waals surface area (Å²) in [5.41, 5.74) is 2.90. The van der Waals surface area contributed by atoms with Gasteiger partial charge in [-0.1, -0.05) is 24.3 Å². The van der Waals surface area contributed by atoms with E-state index in [0.29, 0.717) is 25.1 Å². The topological polar surface area (TPSA) is 64.0 Å². The lowest BCUT2D eigenvalue weighted by molar-refractivity contribution is 0.561. The molecule has 1 heterocycles. The first-order valence-electron chi connectivity index (χ1n) is 6.91. The van der Waals surface area contributed by atoms with Crippen molar-refractivity contribution >= 4 is 20.9 Å². The zero-order chi connectivity index (χ0) is 15.5. The minimum absolute atomic E-state index is 0.0170. The molecule has 0 fully saturated rings. The van der Waals surface area contributed by atoms with Crippen molar-refractivity contribution in [1.82, 2.24) is 14.5 Å². The lowest BCUT2D eigenvalue weighted by Gasteiger charge is -2.07. The maximum absolute atomic E-state index is 11.7. The number of aromatic nitrogens is 2. The molecule has 2 aromatic rings. The molecule has 2 rings (SSSR count). The molecular formula is C15H21N3O2S. The van der Waals surface area contributed by atoms with E-state index in [0.717, 1.165) is 10.9 Å². The van der Waals surface area contributed by atoms with Crippen LogP contribution in [0.15, 0.2) is 36.5 Å². The lowest BCUT2D eigenvalue weighted by atomic mass is 10.2. The van der Waals surface area contributed by atoms with Crippen LogP contribution in [-0.4, -0.2) is 30.5 Å². The Balaban J connectivity index is 1.91. The Kier molecular flexibility index (Phi) is 4.80. The molecule has 5 nitrogen and oxygen atoms in total. The van der Waals surface area contributed by atoms with Crippen LogP contribution < -0.4 is 4.72 Å². The van der Waals surface area contributed by atoms with Gasteiger partial charge < -0.3 is 0 Å². The van der Waals surface area contributed by atoms with E-state index in [1.807, 2.05) is 23.9 Å². The van der Waals surface area contributed by atoms with Crippen LogP contribution in [0.3, 0.4) is 0 Å². The first-order valence-corrected chi connectivity index (χ1v) is 8.56. The molecule has 0 spiro atoms. The van der Waals surface area contributed by atoms with Crippen molar-refractivity contribution in [1.29, 1.82) is 0 Å². The molecule has 6 heteroatoms. The largest absolute Gasteiger partial charge is 0.265 e. The van der Waals surface area contributed by atoms with Gasteiger partial charge in [-0.3, -0.25) is 4.68 Å². The Morgan fingerprint density at radius 1 is 1.43 bits per heavy atom. The SMILES string of the molecule is C=C(C)CS(=O)(=O)NCCCn1ncc2ccc(C)cc21. The molecule has 0 atom stereocenters. The van der Waals surface area contributed by atoms with Gasteiger partial charge >= 0.3 is 0 Å². The van der Waals surface area contributed by atoms with E-state index in [9.17, 15) is 8.42 Å². The van der Waals surface area contributed by atoms with Crippen molar-refractivity contribution in [3.63, 3.8) is 0 Å². The van der Waals surface area contributed by atoms with Crippen LogP contribution >= 0.6 is 0 Å². The molecule has 0 radical (unpaired) electrons. The average Bonchev–Trinajstić information content (AvgIpc) is 2.75. The predicted molar refractivity (Wildman–Crippen MR) is 85.7 cm³/mol. The summed E-state index contributed by atoms with van der Waals surface area (Å²) < 4.78 is 27.8. The standard InChI is InChI=1S/C15H21N3O2S/c1-12(2)11-21(19,20)17-7-4-8-18-15-9-13(3)5-6-14(15)10-16-18/h5-6,9-10,17H,1,4,7-8,11H2,2-3H3. The number of nitrogens with zero attached hydrogens (tertiary/aromatic N) is 2. The molecule has 0 aliphatic rings. The minimum Gasteiger partial charge on any atom is -0.265 e. The van der Waals surface area contributed by atoms with E-state index >= 15 is 0 Å². The fourth-order valence-corrected chi connectivity index (χ4v) is 3.40. The van der Waals surface area contributed by atoms with E-state index in [2.05, 4.69) is 28.5 Å². The quantitative estimate of drug-likeness (QED) is 0.630.